The molecule has 2 N–H and O–H groups in total. The number of terminal acetylenes is 1. The molecule has 0 atom stereocenters. The van der Waals surface area contributed by atoms with Crippen LogP contribution in [0, 0.1) is 18.2 Å². The molecule has 0 bridgehead atoms. The zero-order valence-electron chi connectivity index (χ0n) is 6.53. The fourth-order valence-corrected chi connectivity index (χ4v) is 1.05. The van der Waals surface area contributed by atoms with Crippen molar-refractivity contribution < 1.29 is 4.39 Å². The van der Waals surface area contributed by atoms with Crippen molar-refractivity contribution in [2.45, 2.75) is 0 Å². The summed E-state index contributed by atoms with van der Waals surface area (Å²) in [6.07, 6.45) is 7.75. The van der Waals surface area contributed by atoms with Crippen LogP contribution >= 0.6 is 0 Å². The van der Waals surface area contributed by atoms with Crippen molar-refractivity contribution in [2.24, 2.45) is 0 Å². The van der Waals surface area contributed by atoms with E-state index in [0.717, 1.165) is 0 Å². The summed E-state index contributed by atoms with van der Waals surface area (Å²) >= 11 is 0. The highest BCUT2D eigenvalue weighted by Crippen LogP contribution is 2.13. The molecule has 0 aliphatic carbocycles. The number of aromatic nitrogens is 3. The van der Waals surface area contributed by atoms with Gasteiger partial charge >= 0.3 is 0 Å². The summed E-state index contributed by atoms with van der Waals surface area (Å²) < 4.78 is 14.5. The topological polar surface area (TPSA) is 56.2 Å². The summed E-state index contributed by atoms with van der Waals surface area (Å²) in [7, 11) is 0. The number of anilines is 1. The zero-order valence-corrected chi connectivity index (χ0v) is 6.53. The molecule has 13 heavy (non-hydrogen) atoms. The first-order valence-electron chi connectivity index (χ1n) is 3.48. The summed E-state index contributed by atoms with van der Waals surface area (Å²) in [6, 6.07) is 0. The maximum Gasteiger partial charge on any atom is 0.238 e. The molecule has 0 unspecified atom stereocenters. The summed E-state index contributed by atoms with van der Waals surface area (Å²) in [4.78, 5) is 3.65. The van der Waals surface area contributed by atoms with Crippen LogP contribution in [0.3, 0.4) is 0 Å². The van der Waals surface area contributed by atoms with Gasteiger partial charge in [-0.15, -0.1) is 11.5 Å². The van der Waals surface area contributed by atoms with Crippen molar-refractivity contribution in [3.8, 4) is 12.3 Å². The minimum Gasteiger partial charge on any atom is -0.367 e. The van der Waals surface area contributed by atoms with Gasteiger partial charge in [-0.3, -0.25) is 0 Å². The third-order valence-electron chi connectivity index (χ3n) is 1.64. The van der Waals surface area contributed by atoms with Gasteiger partial charge in [0.05, 0.1) is 11.8 Å². The molecular weight excluding hydrogens is 171 g/mol. The second kappa shape index (κ2) is 2.45. The molecule has 2 aromatic heterocycles. The van der Waals surface area contributed by atoms with E-state index in [0.29, 0.717) is 0 Å². The van der Waals surface area contributed by atoms with Crippen LogP contribution in [-0.4, -0.2) is 14.6 Å². The number of nitrogens with zero attached hydrogens (tertiary/aromatic N) is 3. The third-order valence-corrected chi connectivity index (χ3v) is 1.64. The van der Waals surface area contributed by atoms with E-state index in [1.54, 1.807) is 0 Å². The number of fused-ring (bicyclic) bond motifs is 1. The van der Waals surface area contributed by atoms with Crippen LogP contribution in [0.5, 0.6) is 0 Å². The second-order valence-corrected chi connectivity index (χ2v) is 2.45. The Morgan fingerprint density at radius 3 is 3.08 bits per heavy atom. The average molecular weight is 176 g/mol. The van der Waals surface area contributed by atoms with E-state index in [1.165, 1.54) is 16.9 Å². The molecule has 5 heteroatoms. The number of nitrogen functional groups attached to an aromatic ring is 1. The average Bonchev–Trinajstić information content (AvgIpc) is 2.42. The summed E-state index contributed by atoms with van der Waals surface area (Å²) in [5.41, 5.74) is 5.68. The van der Waals surface area contributed by atoms with Crippen LogP contribution < -0.4 is 5.73 Å². The molecule has 0 saturated heterocycles. The van der Waals surface area contributed by atoms with Gasteiger partial charge in [0.15, 0.2) is 5.82 Å². The van der Waals surface area contributed by atoms with E-state index in [9.17, 15) is 4.39 Å². The molecule has 2 rings (SSSR count). The van der Waals surface area contributed by atoms with Gasteiger partial charge in [0.25, 0.3) is 0 Å². The van der Waals surface area contributed by atoms with Crippen LogP contribution in [0.1, 0.15) is 5.56 Å². The molecule has 2 heterocycles. The van der Waals surface area contributed by atoms with Gasteiger partial charge in [0.2, 0.25) is 5.95 Å². The first kappa shape index (κ1) is 7.55. The predicted molar refractivity (Wildman–Crippen MR) is 45.3 cm³/mol. The normalized spacial score (nSPS) is 10.2. The van der Waals surface area contributed by atoms with Crippen molar-refractivity contribution in [1.82, 2.24) is 14.6 Å². The maximum atomic E-state index is 13.3. The molecule has 0 aliphatic rings. The second-order valence-electron chi connectivity index (χ2n) is 2.45. The Kier molecular flexibility index (Phi) is 1.43. The van der Waals surface area contributed by atoms with Crippen molar-refractivity contribution in [3.63, 3.8) is 0 Å². The van der Waals surface area contributed by atoms with Crippen LogP contribution in [0.2, 0.25) is 0 Å². The number of rotatable bonds is 0. The molecule has 2 aromatic rings. The Morgan fingerprint density at radius 1 is 1.62 bits per heavy atom. The summed E-state index contributed by atoms with van der Waals surface area (Å²) in [5, 5.41) is 3.75. The maximum absolute atomic E-state index is 13.3. The number of nitrogens with two attached hydrogens (primary N) is 1. The van der Waals surface area contributed by atoms with Crippen LogP contribution in [-0.2, 0) is 0 Å². The van der Waals surface area contributed by atoms with E-state index in [1.807, 2.05) is 0 Å². The Balaban J connectivity index is 2.86. The van der Waals surface area contributed by atoms with E-state index in [-0.39, 0.29) is 17.0 Å². The zero-order chi connectivity index (χ0) is 9.42. The molecule has 0 saturated carbocycles. The van der Waals surface area contributed by atoms with Gasteiger partial charge in [-0.1, -0.05) is 5.92 Å². The smallest absolute Gasteiger partial charge is 0.238 e. The Hall–Kier alpha value is -2.09. The van der Waals surface area contributed by atoms with Gasteiger partial charge in [-0.05, 0) is 0 Å². The van der Waals surface area contributed by atoms with Crippen LogP contribution in [0.15, 0.2) is 12.4 Å². The molecular formula is C8H5FN4. The van der Waals surface area contributed by atoms with Gasteiger partial charge in [0.1, 0.15) is 5.52 Å². The van der Waals surface area contributed by atoms with E-state index in [2.05, 4.69) is 16.0 Å². The van der Waals surface area contributed by atoms with Crippen LogP contribution in [0.25, 0.3) is 5.52 Å². The van der Waals surface area contributed by atoms with Crippen LogP contribution in [0.4, 0.5) is 10.3 Å². The highest BCUT2D eigenvalue weighted by atomic mass is 19.1. The number of hydrogen-bond acceptors (Lipinski definition) is 3. The standard InChI is InChI=1S/C8H5FN4/c1-2-5-4-13-6(7(5)9)3-11-8(10)12-13/h1,3-4H,(H2,10,12). The Bertz CT molecular complexity index is 509. The fraction of sp³-hybridized carbons (Fsp3) is 0. The third kappa shape index (κ3) is 0.999. The SMILES string of the molecule is C#Cc1cn2nc(N)ncc2c1F. The van der Waals surface area contributed by atoms with E-state index >= 15 is 0 Å². The molecule has 64 valence electrons. The highest BCUT2D eigenvalue weighted by Gasteiger charge is 2.09. The molecule has 0 aliphatic heterocycles. The highest BCUT2D eigenvalue weighted by molar-refractivity contribution is 5.54. The Labute approximate surface area is 73.2 Å². The van der Waals surface area contributed by atoms with Crippen molar-refractivity contribution in [3.05, 3.63) is 23.8 Å². The van der Waals surface area contributed by atoms with Crippen molar-refractivity contribution >= 4 is 11.5 Å². The van der Waals surface area contributed by atoms with Gasteiger partial charge < -0.3 is 5.73 Å². The lowest BCUT2D eigenvalue weighted by Crippen LogP contribution is -1.99. The van der Waals surface area contributed by atoms with Crippen molar-refractivity contribution in [1.29, 1.82) is 0 Å². The fourth-order valence-electron chi connectivity index (χ4n) is 1.05. The minimum atomic E-state index is -0.498. The minimum absolute atomic E-state index is 0.0751. The molecule has 0 amide bonds. The summed E-state index contributed by atoms with van der Waals surface area (Å²) in [6.45, 7) is 0. The first-order chi connectivity index (χ1) is 6.22. The van der Waals surface area contributed by atoms with Gasteiger partial charge in [0, 0.05) is 6.20 Å². The van der Waals surface area contributed by atoms with E-state index in [4.69, 9.17) is 12.2 Å². The molecule has 0 spiro atoms. The lowest BCUT2D eigenvalue weighted by atomic mass is 10.3. The molecule has 0 fully saturated rings. The van der Waals surface area contributed by atoms with Gasteiger partial charge in [-0.25, -0.2) is 13.9 Å². The Morgan fingerprint density at radius 2 is 2.38 bits per heavy atom. The van der Waals surface area contributed by atoms with E-state index < -0.39 is 5.82 Å². The largest absolute Gasteiger partial charge is 0.367 e. The lowest BCUT2D eigenvalue weighted by Gasteiger charge is -1.92. The number of hydrogen-bond donors (Lipinski definition) is 1. The predicted octanol–water partition coefficient (Wildman–Crippen LogP) is 0.432. The molecule has 0 radical (unpaired) electrons. The quantitative estimate of drug-likeness (QED) is 0.592. The lowest BCUT2D eigenvalue weighted by molar-refractivity contribution is 0.635. The molecule has 0 aromatic carbocycles. The molecule has 4 nitrogen and oxygen atoms in total. The first-order valence-corrected chi connectivity index (χ1v) is 3.48. The summed E-state index contributed by atoms with van der Waals surface area (Å²) in [5.74, 6) is 1.78. The number of halogens is 1. The monoisotopic (exact) mass is 176 g/mol. The van der Waals surface area contributed by atoms with Crippen molar-refractivity contribution in [2.75, 3.05) is 5.73 Å². The van der Waals surface area contributed by atoms with Gasteiger partial charge in [-0.2, -0.15) is 0 Å².